The second kappa shape index (κ2) is 6.65. The van der Waals surface area contributed by atoms with Gasteiger partial charge in [-0.05, 0) is 36.1 Å². The quantitative estimate of drug-likeness (QED) is 0.891. The lowest BCUT2D eigenvalue weighted by molar-refractivity contribution is -0.117. The van der Waals surface area contributed by atoms with Crippen molar-refractivity contribution in [2.75, 3.05) is 5.32 Å². The maximum Gasteiger partial charge on any atom is 0.251 e. The predicted molar refractivity (Wildman–Crippen MR) is 90.0 cm³/mol. The molecule has 2 atom stereocenters. The number of benzene rings is 2. The summed E-state index contributed by atoms with van der Waals surface area (Å²) in [5.74, 6) is 0.474. The van der Waals surface area contributed by atoms with Crippen LogP contribution in [0.4, 0.5) is 5.69 Å². The van der Waals surface area contributed by atoms with E-state index in [9.17, 15) is 9.59 Å². The van der Waals surface area contributed by atoms with Crippen molar-refractivity contribution in [3.63, 3.8) is 0 Å². The van der Waals surface area contributed by atoms with Crippen LogP contribution in [0.3, 0.4) is 0 Å². The lowest BCUT2D eigenvalue weighted by Gasteiger charge is -2.08. The zero-order valence-corrected chi connectivity index (χ0v) is 13.1. The first-order valence-electron chi connectivity index (χ1n) is 7.86. The molecule has 0 aliphatic heterocycles. The Morgan fingerprint density at radius 3 is 2.52 bits per heavy atom. The minimum Gasteiger partial charge on any atom is -0.348 e. The number of amides is 2. The molecule has 0 spiro atoms. The Kier molecular flexibility index (Phi) is 4.42. The second-order valence-electron chi connectivity index (χ2n) is 6.06. The molecule has 2 aromatic rings. The zero-order valence-electron chi connectivity index (χ0n) is 13.1. The first-order chi connectivity index (χ1) is 11.1. The standard InChI is InChI=1S/C19H20N2O2/c1-13-10-17(13)19(23)21-16-9-5-8-15(11-16)18(22)20-12-14-6-3-2-4-7-14/h2-9,11,13,17H,10,12H2,1H3,(H,20,22)(H,21,23). The Bertz CT molecular complexity index is 712. The van der Waals surface area contributed by atoms with E-state index in [1.807, 2.05) is 30.3 Å². The van der Waals surface area contributed by atoms with E-state index in [4.69, 9.17) is 0 Å². The van der Waals surface area contributed by atoms with Gasteiger partial charge in [0.2, 0.25) is 5.91 Å². The fourth-order valence-electron chi connectivity index (χ4n) is 2.54. The molecule has 0 radical (unpaired) electrons. The fraction of sp³-hybridized carbons (Fsp3) is 0.263. The molecule has 4 heteroatoms. The highest BCUT2D eigenvalue weighted by Gasteiger charge is 2.39. The molecule has 118 valence electrons. The van der Waals surface area contributed by atoms with Gasteiger partial charge in [0.15, 0.2) is 0 Å². The molecular formula is C19H20N2O2. The Morgan fingerprint density at radius 1 is 1.09 bits per heavy atom. The van der Waals surface area contributed by atoms with Gasteiger partial charge in [-0.1, -0.05) is 43.3 Å². The molecule has 4 nitrogen and oxygen atoms in total. The monoisotopic (exact) mass is 308 g/mol. The molecule has 23 heavy (non-hydrogen) atoms. The van der Waals surface area contributed by atoms with Gasteiger partial charge in [-0.15, -0.1) is 0 Å². The minimum atomic E-state index is -0.148. The summed E-state index contributed by atoms with van der Waals surface area (Å²) >= 11 is 0. The van der Waals surface area contributed by atoms with E-state index in [0.717, 1.165) is 12.0 Å². The Morgan fingerprint density at radius 2 is 1.83 bits per heavy atom. The van der Waals surface area contributed by atoms with Crippen LogP contribution in [0.25, 0.3) is 0 Å². The van der Waals surface area contributed by atoms with Gasteiger partial charge in [-0.3, -0.25) is 9.59 Å². The SMILES string of the molecule is CC1CC1C(=O)Nc1cccc(C(=O)NCc2ccccc2)c1. The van der Waals surface area contributed by atoms with Gasteiger partial charge in [0.05, 0.1) is 0 Å². The normalized spacial score (nSPS) is 19.0. The summed E-state index contributed by atoms with van der Waals surface area (Å²) in [6.45, 7) is 2.55. The maximum absolute atomic E-state index is 12.2. The first-order valence-corrected chi connectivity index (χ1v) is 7.86. The van der Waals surface area contributed by atoms with Crippen LogP contribution >= 0.6 is 0 Å². The highest BCUT2D eigenvalue weighted by atomic mass is 16.2. The van der Waals surface area contributed by atoms with E-state index in [1.54, 1.807) is 24.3 Å². The largest absolute Gasteiger partial charge is 0.348 e. The smallest absolute Gasteiger partial charge is 0.251 e. The van der Waals surface area contributed by atoms with Gasteiger partial charge in [0, 0.05) is 23.7 Å². The van der Waals surface area contributed by atoms with Crippen LogP contribution in [0.5, 0.6) is 0 Å². The molecule has 0 heterocycles. The minimum absolute atomic E-state index is 0.0411. The average molecular weight is 308 g/mol. The van der Waals surface area contributed by atoms with Crippen molar-refractivity contribution >= 4 is 17.5 Å². The van der Waals surface area contributed by atoms with Gasteiger partial charge in [-0.2, -0.15) is 0 Å². The molecule has 1 aliphatic rings. The number of nitrogens with one attached hydrogen (secondary N) is 2. The molecule has 1 aliphatic carbocycles. The predicted octanol–water partition coefficient (Wildman–Crippen LogP) is 3.21. The number of carbonyl (C=O) groups is 2. The molecule has 0 saturated heterocycles. The number of anilines is 1. The van der Waals surface area contributed by atoms with Gasteiger partial charge >= 0.3 is 0 Å². The van der Waals surface area contributed by atoms with Crippen LogP contribution in [-0.2, 0) is 11.3 Å². The summed E-state index contributed by atoms with van der Waals surface area (Å²) in [4.78, 5) is 24.2. The van der Waals surface area contributed by atoms with E-state index in [0.29, 0.717) is 23.7 Å². The molecule has 2 aromatic carbocycles. The lowest BCUT2D eigenvalue weighted by atomic mass is 10.1. The summed E-state index contributed by atoms with van der Waals surface area (Å²) in [5.41, 5.74) is 2.26. The van der Waals surface area contributed by atoms with E-state index in [1.165, 1.54) is 0 Å². The summed E-state index contributed by atoms with van der Waals surface area (Å²) in [6.07, 6.45) is 0.948. The van der Waals surface area contributed by atoms with Gasteiger partial charge in [0.1, 0.15) is 0 Å². The van der Waals surface area contributed by atoms with E-state index in [-0.39, 0.29) is 17.7 Å². The molecule has 2 unspecified atom stereocenters. The van der Waals surface area contributed by atoms with Crippen molar-refractivity contribution in [1.82, 2.24) is 5.32 Å². The molecule has 2 amide bonds. The van der Waals surface area contributed by atoms with Crippen LogP contribution in [0, 0.1) is 11.8 Å². The summed E-state index contributed by atoms with van der Waals surface area (Å²) in [6, 6.07) is 16.8. The molecule has 2 N–H and O–H groups in total. The molecule has 3 rings (SSSR count). The van der Waals surface area contributed by atoms with Crippen LogP contribution in [-0.4, -0.2) is 11.8 Å². The van der Waals surface area contributed by atoms with Crippen LogP contribution in [0.1, 0.15) is 29.3 Å². The van der Waals surface area contributed by atoms with Crippen LogP contribution in [0.15, 0.2) is 54.6 Å². The second-order valence-corrected chi connectivity index (χ2v) is 6.06. The number of rotatable bonds is 5. The number of hydrogen-bond donors (Lipinski definition) is 2. The molecule has 1 fully saturated rings. The lowest BCUT2D eigenvalue weighted by Crippen LogP contribution is -2.23. The molecule has 1 saturated carbocycles. The van der Waals surface area contributed by atoms with E-state index < -0.39 is 0 Å². The molecule has 0 aromatic heterocycles. The highest BCUT2D eigenvalue weighted by Crippen LogP contribution is 2.38. The van der Waals surface area contributed by atoms with Crippen molar-refractivity contribution in [2.24, 2.45) is 11.8 Å². The summed E-state index contributed by atoms with van der Waals surface area (Å²) < 4.78 is 0. The van der Waals surface area contributed by atoms with Crippen molar-refractivity contribution in [3.05, 3.63) is 65.7 Å². The fourth-order valence-corrected chi connectivity index (χ4v) is 2.54. The third-order valence-corrected chi connectivity index (χ3v) is 4.13. The van der Waals surface area contributed by atoms with Gasteiger partial charge < -0.3 is 10.6 Å². The topological polar surface area (TPSA) is 58.2 Å². The van der Waals surface area contributed by atoms with Crippen molar-refractivity contribution in [2.45, 2.75) is 19.9 Å². The third kappa shape index (κ3) is 3.97. The first kappa shape index (κ1) is 15.3. The van der Waals surface area contributed by atoms with E-state index in [2.05, 4.69) is 17.6 Å². The van der Waals surface area contributed by atoms with Gasteiger partial charge in [0.25, 0.3) is 5.91 Å². The molecule has 0 bridgehead atoms. The van der Waals surface area contributed by atoms with Crippen LogP contribution in [0.2, 0.25) is 0 Å². The highest BCUT2D eigenvalue weighted by molar-refractivity contribution is 5.98. The summed E-state index contributed by atoms with van der Waals surface area (Å²) in [7, 11) is 0. The molecular weight excluding hydrogens is 288 g/mol. The Balaban J connectivity index is 1.60. The zero-order chi connectivity index (χ0) is 16.2. The maximum atomic E-state index is 12.2. The van der Waals surface area contributed by atoms with Crippen molar-refractivity contribution in [1.29, 1.82) is 0 Å². The summed E-state index contributed by atoms with van der Waals surface area (Å²) in [5, 5.41) is 5.77. The van der Waals surface area contributed by atoms with Crippen molar-refractivity contribution < 1.29 is 9.59 Å². The third-order valence-electron chi connectivity index (χ3n) is 4.13. The van der Waals surface area contributed by atoms with Gasteiger partial charge in [-0.25, -0.2) is 0 Å². The van der Waals surface area contributed by atoms with Crippen molar-refractivity contribution in [3.8, 4) is 0 Å². The average Bonchev–Trinajstić information content (AvgIpc) is 3.31. The Labute approximate surface area is 135 Å². The van der Waals surface area contributed by atoms with Crippen LogP contribution < -0.4 is 10.6 Å². The Hall–Kier alpha value is -2.62. The number of carbonyl (C=O) groups excluding carboxylic acids is 2. The number of hydrogen-bond acceptors (Lipinski definition) is 2. The van der Waals surface area contributed by atoms with E-state index >= 15 is 0 Å².